The van der Waals surface area contributed by atoms with E-state index in [4.69, 9.17) is 13.6 Å². The summed E-state index contributed by atoms with van der Waals surface area (Å²) >= 11 is 0. The SMILES string of the molecule is CC[Si](CC)(CC)O[C@H]1CC(=O)O[C@H]([C@@H](C)O)C/C=C(/C(F)(F)F)C/C=C/[C@H](C)C(O[Si](C)(C)C(C)(C)C)[C@@H](C)C(=O)C1(C)C. The fourth-order valence-corrected chi connectivity index (χ4v) is 10.1. The van der Waals surface area contributed by atoms with E-state index in [1.807, 2.05) is 13.8 Å². The Kier molecular flexibility index (Phi) is 15.0. The number of carbonyl (C=O) groups is 2. The minimum atomic E-state index is -4.61. The third kappa shape index (κ3) is 11.1. The smallest absolute Gasteiger partial charge is 0.412 e. The molecule has 0 amide bonds. The molecule has 11 heteroatoms. The van der Waals surface area contributed by atoms with Gasteiger partial charge >= 0.3 is 12.1 Å². The van der Waals surface area contributed by atoms with Crippen LogP contribution >= 0.6 is 0 Å². The van der Waals surface area contributed by atoms with Crippen LogP contribution in [0.3, 0.4) is 0 Å². The molecule has 1 aliphatic rings. The Balaban J connectivity index is 3.89. The average Bonchev–Trinajstić information content (AvgIpc) is 2.92. The summed E-state index contributed by atoms with van der Waals surface area (Å²) in [6, 6.07) is 2.39. The van der Waals surface area contributed by atoms with Gasteiger partial charge < -0.3 is 18.7 Å². The van der Waals surface area contributed by atoms with E-state index < -0.39 is 76.5 Å². The predicted octanol–water partition coefficient (Wildman–Crippen LogP) is 9.16. The van der Waals surface area contributed by atoms with Crippen molar-refractivity contribution in [2.45, 2.75) is 162 Å². The second-order valence-electron chi connectivity index (χ2n) is 15.0. The Morgan fingerprint density at radius 1 is 1.04 bits per heavy atom. The number of cyclic esters (lactones) is 1. The minimum Gasteiger partial charge on any atom is -0.459 e. The van der Waals surface area contributed by atoms with Gasteiger partial charge in [0.15, 0.2) is 16.6 Å². The lowest BCUT2D eigenvalue weighted by Crippen LogP contribution is -2.53. The van der Waals surface area contributed by atoms with Gasteiger partial charge in [-0.1, -0.05) is 87.5 Å². The summed E-state index contributed by atoms with van der Waals surface area (Å²) in [4.78, 5) is 28.0. The van der Waals surface area contributed by atoms with Crippen molar-refractivity contribution in [2.24, 2.45) is 17.3 Å². The number of hydrogen-bond donors (Lipinski definition) is 1. The number of halogens is 3. The van der Waals surface area contributed by atoms with Gasteiger partial charge in [-0.25, -0.2) is 0 Å². The summed E-state index contributed by atoms with van der Waals surface area (Å²) < 4.78 is 61.4. The van der Waals surface area contributed by atoms with Crippen LogP contribution in [0.1, 0.15) is 95.4 Å². The Morgan fingerprint density at radius 3 is 2.02 bits per heavy atom. The summed E-state index contributed by atoms with van der Waals surface area (Å²) in [5.74, 6) is -1.87. The van der Waals surface area contributed by atoms with Crippen LogP contribution in [0, 0.1) is 17.3 Å². The Hall–Kier alpha value is -1.28. The molecule has 0 aromatic rings. The maximum atomic E-state index is 14.6. The first-order valence-electron chi connectivity index (χ1n) is 16.6. The highest BCUT2D eigenvalue weighted by Crippen LogP contribution is 2.42. The van der Waals surface area contributed by atoms with Gasteiger partial charge in [-0.05, 0) is 55.5 Å². The quantitative estimate of drug-likeness (QED) is 0.157. The van der Waals surface area contributed by atoms with Crippen molar-refractivity contribution in [2.75, 3.05) is 0 Å². The molecule has 45 heavy (non-hydrogen) atoms. The van der Waals surface area contributed by atoms with Gasteiger partial charge in [0.05, 0.1) is 24.7 Å². The van der Waals surface area contributed by atoms with Crippen molar-refractivity contribution < 1.29 is 41.5 Å². The summed E-state index contributed by atoms with van der Waals surface area (Å²) in [6.07, 6.45) is -5.20. The number of allylic oxidation sites excluding steroid dienone is 2. The van der Waals surface area contributed by atoms with Crippen molar-refractivity contribution in [3.05, 3.63) is 23.8 Å². The molecule has 262 valence electrons. The zero-order valence-corrected chi connectivity index (χ0v) is 32.1. The zero-order chi connectivity index (χ0) is 35.2. The molecule has 0 aliphatic carbocycles. The molecule has 1 aliphatic heterocycles. The molecule has 0 aromatic heterocycles. The molecule has 0 saturated heterocycles. The number of ether oxygens (including phenoxy) is 1. The Morgan fingerprint density at radius 2 is 1.58 bits per heavy atom. The number of aliphatic hydroxyl groups excluding tert-OH is 1. The second kappa shape index (κ2) is 16.2. The molecular formula is C34H61F3O6Si2. The van der Waals surface area contributed by atoms with Gasteiger partial charge in [0, 0.05) is 23.3 Å². The monoisotopic (exact) mass is 678 g/mol. The van der Waals surface area contributed by atoms with Crippen molar-refractivity contribution in [1.82, 2.24) is 0 Å². The lowest BCUT2D eigenvalue weighted by Gasteiger charge is -2.45. The van der Waals surface area contributed by atoms with Gasteiger partial charge in [0.1, 0.15) is 11.9 Å². The Bertz CT molecular complexity index is 1030. The summed E-state index contributed by atoms with van der Waals surface area (Å²) in [6.45, 7) is 25.4. The third-order valence-corrected chi connectivity index (χ3v) is 19.5. The van der Waals surface area contributed by atoms with Gasteiger partial charge in [-0.3, -0.25) is 9.59 Å². The van der Waals surface area contributed by atoms with Crippen LogP contribution in [-0.2, 0) is 23.2 Å². The number of alkyl halides is 3. The summed E-state index contributed by atoms with van der Waals surface area (Å²) in [7, 11) is -4.76. The molecule has 1 unspecified atom stereocenters. The normalized spacial score (nSPS) is 29.4. The van der Waals surface area contributed by atoms with E-state index in [1.165, 1.54) is 13.0 Å². The molecule has 0 bridgehead atoms. The predicted molar refractivity (Wildman–Crippen MR) is 180 cm³/mol. The van der Waals surface area contributed by atoms with E-state index >= 15 is 0 Å². The van der Waals surface area contributed by atoms with Gasteiger partial charge in [-0.15, -0.1) is 0 Å². The molecule has 6 nitrogen and oxygen atoms in total. The lowest BCUT2D eigenvalue weighted by atomic mass is 9.73. The molecule has 1 N–H and O–H groups in total. The fraction of sp³-hybridized carbons (Fsp3) is 0.824. The first kappa shape index (κ1) is 41.7. The fourth-order valence-electron chi connectivity index (χ4n) is 5.63. The number of ketones is 1. The molecule has 6 atom stereocenters. The highest BCUT2D eigenvalue weighted by atomic mass is 28.4. The molecular weight excluding hydrogens is 618 g/mol. The number of esters is 1. The maximum absolute atomic E-state index is 14.6. The highest BCUT2D eigenvalue weighted by Gasteiger charge is 2.49. The van der Waals surface area contributed by atoms with E-state index in [2.05, 4.69) is 54.6 Å². The molecule has 0 radical (unpaired) electrons. The van der Waals surface area contributed by atoms with Crippen molar-refractivity contribution in [3.63, 3.8) is 0 Å². The third-order valence-electron chi connectivity index (χ3n) is 10.3. The van der Waals surface area contributed by atoms with Crippen molar-refractivity contribution in [1.29, 1.82) is 0 Å². The molecule has 0 saturated carbocycles. The van der Waals surface area contributed by atoms with Crippen LogP contribution in [0.15, 0.2) is 23.8 Å². The number of aliphatic hydroxyl groups is 1. The Labute approximate surface area is 272 Å². The number of hydrogen-bond acceptors (Lipinski definition) is 6. The maximum Gasteiger partial charge on any atom is 0.412 e. The van der Waals surface area contributed by atoms with Gasteiger partial charge in [0.2, 0.25) is 0 Å². The van der Waals surface area contributed by atoms with Gasteiger partial charge in [0.25, 0.3) is 0 Å². The topological polar surface area (TPSA) is 82.1 Å². The van der Waals surface area contributed by atoms with E-state index in [0.717, 1.165) is 24.2 Å². The zero-order valence-electron chi connectivity index (χ0n) is 30.1. The molecule has 0 fully saturated rings. The molecule has 1 heterocycles. The van der Waals surface area contributed by atoms with Crippen LogP contribution in [0.5, 0.6) is 0 Å². The minimum absolute atomic E-state index is 0.134. The van der Waals surface area contributed by atoms with Crippen LogP contribution in [0.4, 0.5) is 13.2 Å². The lowest BCUT2D eigenvalue weighted by molar-refractivity contribution is -0.159. The molecule has 0 spiro atoms. The number of Topliss-reactive ketones (excluding diaryl/α,β-unsaturated/α-hetero) is 1. The first-order valence-corrected chi connectivity index (χ1v) is 22.0. The summed E-state index contributed by atoms with van der Waals surface area (Å²) in [5.41, 5.74) is -1.91. The van der Waals surface area contributed by atoms with Crippen molar-refractivity contribution >= 4 is 28.4 Å². The van der Waals surface area contributed by atoms with Crippen LogP contribution in [0.25, 0.3) is 0 Å². The number of carbonyl (C=O) groups excluding carboxylic acids is 2. The summed E-state index contributed by atoms with van der Waals surface area (Å²) in [5, 5.41) is 10.2. The van der Waals surface area contributed by atoms with Crippen molar-refractivity contribution in [3.8, 4) is 0 Å². The van der Waals surface area contributed by atoms with E-state index in [-0.39, 0.29) is 29.6 Å². The van der Waals surface area contributed by atoms with E-state index in [1.54, 1.807) is 19.9 Å². The number of rotatable bonds is 8. The molecule has 0 aromatic carbocycles. The largest absolute Gasteiger partial charge is 0.459 e. The van der Waals surface area contributed by atoms with Crippen LogP contribution in [-0.4, -0.2) is 64.1 Å². The van der Waals surface area contributed by atoms with E-state index in [9.17, 15) is 27.9 Å². The molecule has 1 rings (SSSR count). The standard InChI is InChI=1S/C34H61F3O6Si2/c1-14-45(15-2,16-3)42-28-22-29(39)41-27(25(6)38)21-20-26(34(35,36)37)19-17-18-23(4)30(24(5)31(40)33(28,10)11)43-44(12,13)32(7,8)9/h17-18,20,23-25,27-28,30,38H,14-16,19,21-22H2,1-13H3/b18-17+,26-20+/t23-,24+,25+,27-,28-,30?/m0/s1. The van der Waals surface area contributed by atoms with E-state index in [0.29, 0.717) is 0 Å². The second-order valence-corrected chi connectivity index (χ2v) is 24.5. The average molecular weight is 679 g/mol. The highest BCUT2D eigenvalue weighted by molar-refractivity contribution is 6.74. The van der Waals surface area contributed by atoms with Gasteiger partial charge in [-0.2, -0.15) is 13.2 Å². The first-order chi connectivity index (χ1) is 20.4. The van der Waals surface area contributed by atoms with Crippen LogP contribution < -0.4 is 0 Å². The van der Waals surface area contributed by atoms with Crippen LogP contribution in [0.2, 0.25) is 36.3 Å².